The molecule has 1 aliphatic carbocycles. The van der Waals surface area contributed by atoms with E-state index in [2.05, 4.69) is 4.98 Å². The van der Waals surface area contributed by atoms with E-state index in [4.69, 9.17) is 5.21 Å². The van der Waals surface area contributed by atoms with Crippen LogP contribution in [0.25, 0.3) is 0 Å². The van der Waals surface area contributed by atoms with Gasteiger partial charge in [-0.05, 0) is 43.7 Å². The SMILES string of the molecule is O=C(NO)C1(S(=O)(=O)N2CCC(c3ccc(CCC(F)(F)C(F)(F)F)cn3)CC2)CCCC1. The van der Waals surface area contributed by atoms with Crippen LogP contribution in [0.2, 0.25) is 0 Å². The fourth-order valence-electron chi connectivity index (χ4n) is 4.56. The molecule has 1 aliphatic heterocycles. The van der Waals surface area contributed by atoms with Crippen LogP contribution in [-0.2, 0) is 21.2 Å². The van der Waals surface area contributed by atoms with Crippen LogP contribution in [0.3, 0.4) is 0 Å². The van der Waals surface area contributed by atoms with E-state index in [9.17, 15) is 35.2 Å². The number of alkyl halides is 5. The number of carbonyl (C=O) groups excluding carboxylic acids is 1. The summed E-state index contributed by atoms with van der Waals surface area (Å²) in [5.74, 6) is -5.81. The Kier molecular flexibility index (Phi) is 7.35. The molecular weight excluding hydrogens is 473 g/mol. The zero-order valence-electron chi connectivity index (χ0n) is 17.7. The molecule has 1 amide bonds. The lowest BCUT2D eigenvalue weighted by Gasteiger charge is -2.37. The fourth-order valence-corrected chi connectivity index (χ4v) is 6.83. The monoisotopic (exact) mass is 499 g/mol. The van der Waals surface area contributed by atoms with E-state index in [0.717, 1.165) is 0 Å². The largest absolute Gasteiger partial charge is 0.453 e. The first-order valence-corrected chi connectivity index (χ1v) is 12.1. The summed E-state index contributed by atoms with van der Waals surface area (Å²) in [7, 11) is -4.00. The normalized spacial score (nSPS) is 20.7. The van der Waals surface area contributed by atoms with Crippen LogP contribution in [0.1, 0.15) is 62.1 Å². The van der Waals surface area contributed by atoms with E-state index in [0.29, 0.717) is 31.4 Å². The molecule has 0 spiro atoms. The molecule has 13 heteroatoms. The number of aryl methyl sites for hydroxylation is 1. The quantitative estimate of drug-likeness (QED) is 0.340. The number of nitrogens with one attached hydrogen (secondary N) is 1. The van der Waals surface area contributed by atoms with Crippen LogP contribution in [0.4, 0.5) is 22.0 Å². The number of piperidine rings is 1. The van der Waals surface area contributed by atoms with Gasteiger partial charge in [0.25, 0.3) is 5.91 Å². The number of rotatable bonds is 7. The minimum Gasteiger partial charge on any atom is -0.289 e. The zero-order valence-corrected chi connectivity index (χ0v) is 18.6. The van der Waals surface area contributed by atoms with E-state index >= 15 is 0 Å². The van der Waals surface area contributed by atoms with Crippen LogP contribution in [-0.4, -0.2) is 58.8 Å². The maximum Gasteiger partial charge on any atom is 0.453 e. The van der Waals surface area contributed by atoms with E-state index in [1.807, 2.05) is 0 Å². The zero-order chi connectivity index (χ0) is 24.5. The highest BCUT2D eigenvalue weighted by molar-refractivity contribution is 7.91. The van der Waals surface area contributed by atoms with E-state index in [1.165, 1.54) is 22.0 Å². The first kappa shape index (κ1) is 25.8. The molecule has 0 aromatic carbocycles. The van der Waals surface area contributed by atoms with E-state index < -0.39 is 45.6 Å². The Morgan fingerprint density at radius 2 is 1.76 bits per heavy atom. The summed E-state index contributed by atoms with van der Waals surface area (Å²) in [5, 5.41) is 9.07. The lowest BCUT2D eigenvalue weighted by molar-refractivity contribution is -0.284. The molecule has 2 aliphatic rings. The topological polar surface area (TPSA) is 99.6 Å². The maximum atomic E-state index is 13.2. The van der Waals surface area contributed by atoms with Crippen molar-refractivity contribution in [1.29, 1.82) is 0 Å². The number of carbonyl (C=O) groups is 1. The molecule has 1 aromatic heterocycles. The number of hydroxylamine groups is 1. The molecule has 0 bridgehead atoms. The number of amides is 1. The minimum absolute atomic E-state index is 0.117. The number of hydrogen-bond acceptors (Lipinski definition) is 5. The van der Waals surface area contributed by atoms with Gasteiger partial charge in [-0.3, -0.25) is 15.0 Å². The van der Waals surface area contributed by atoms with E-state index in [-0.39, 0.29) is 37.4 Å². The van der Waals surface area contributed by atoms with Gasteiger partial charge in [0.15, 0.2) is 4.75 Å². The van der Waals surface area contributed by atoms with Gasteiger partial charge in [-0.15, -0.1) is 0 Å². The number of halogens is 5. The van der Waals surface area contributed by atoms with Gasteiger partial charge in [0.1, 0.15) is 0 Å². The van der Waals surface area contributed by atoms with Crippen molar-refractivity contribution in [2.45, 2.75) is 74.1 Å². The average molecular weight is 500 g/mol. The molecule has 7 nitrogen and oxygen atoms in total. The first-order chi connectivity index (χ1) is 15.3. The number of aromatic nitrogens is 1. The molecular formula is C20H26F5N3O4S. The highest BCUT2D eigenvalue weighted by Crippen LogP contribution is 2.41. The highest BCUT2D eigenvalue weighted by Gasteiger charge is 2.57. The van der Waals surface area contributed by atoms with Crippen LogP contribution in [0.15, 0.2) is 18.3 Å². The van der Waals surface area contributed by atoms with Gasteiger partial charge in [0.05, 0.1) is 0 Å². The summed E-state index contributed by atoms with van der Waals surface area (Å²) in [6.45, 7) is 0.295. The summed E-state index contributed by atoms with van der Waals surface area (Å²) in [6.07, 6.45) is -3.95. The van der Waals surface area contributed by atoms with Gasteiger partial charge in [-0.2, -0.15) is 22.0 Å². The smallest absolute Gasteiger partial charge is 0.289 e. The van der Waals surface area contributed by atoms with Crippen molar-refractivity contribution in [2.75, 3.05) is 13.1 Å². The van der Waals surface area contributed by atoms with Crippen LogP contribution >= 0.6 is 0 Å². The second kappa shape index (κ2) is 9.41. The molecule has 0 radical (unpaired) electrons. The van der Waals surface area contributed by atoms with Gasteiger partial charge in [0.2, 0.25) is 10.0 Å². The molecule has 1 saturated carbocycles. The molecule has 0 unspecified atom stereocenters. The Bertz CT molecular complexity index is 939. The van der Waals surface area contributed by atoms with Crippen molar-refractivity contribution in [2.24, 2.45) is 0 Å². The Morgan fingerprint density at radius 1 is 1.15 bits per heavy atom. The fraction of sp³-hybridized carbons (Fsp3) is 0.700. The van der Waals surface area contributed by atoms with Gasteiger partial charge in [-0.25, -0.2) is 18.2 Å². The lowest BCUT2D eigenvalue weighted by Crippen LogP contribution is -2.56. The van der Waals surface area contributed by atoms with Crippen LogP contribution in [0.5, 0.6) is 0 Å². The van der Waals surface area contributed by atoms with Gasteiger partial charge < -0.3 is 0 Å². The average Bonchev–Trinajstić information content (AvgIpc) is 3.29. The van der Waals surface area contributed by atoms with Crippen molar-refractivity contribution in [3.05, 3.63) is 29.6 Å². The Morgan fingerprint density at radius 3 is 2.24 bits per heavy atom. The molecule has 0 atom stereocenters. The number of pyridine rings is 1. The summed E-state index contributed by atoms with van der Waals surface area (Å²) >= 11 is 0. The van der Waals surface area contributed by atoms with Crippen LogP contribution in [0, 0.1) is 0 Å². The van der Waals surface area contributed by atoms with Crippen molar-refractivity contribution in [3.63, 3.8) is 0 Å². The molecule has 1 saturated heterocycles. The van der Waals surface area contributed by atoms with E-state index in [1.54, 1.807) is 6.07 Å². The molecule has 2 heterocycles. The Hall–Kier alpha value is -1.86. The van der Waals surface area contributed by atoms with Crippen molar-refractivity contribution < 1.29 is 40.4 Å². The standard InChI is InChI=1S/C20H26F5N3O4S/c21-19(22,20(23,24)25)10-5-14-3-4-16(26-13-14)15-6-11-28(12-7-15)33(31,32)18(17(29)27-30)8-1-2-9-18/h3-4,13,15,30H,1-2,5-12H2,(H,27,29). The number of hydrogen-bond donors (Lipinski definition) is 2. The van der Waals surface area contributed by atoms with Crippen molar-refractivity contribution >= 4 is 15.9 Å². The van der Waals surface area contributed by atoms with Gasteiger partial charge in [0, 0.05) is 37.3 Å². The molecule has 2 N–H and O–H groups in total. The molecule has 186 valence electrons. The third kappa shape index (κ3) is 4.99. The predicted molar refractivity (Wildman–Crippen MR) is 107 cm³/mol. The summed E-state index contributed by atoms with van der Waals surface area (Å²) in [4.78, 5) is 16.4. The Balaban J connectivity index is 1.61. The van der Waals surface area contributed by atoms with Gasteiger partial charge in [-0.1, -0.05) is 18.9 Å². The number of sulfonamides is 1. The summed E-state index contributed by atoms with van der Waals surface area (Å²) in [6, 6.07) is 3.02. The summed E-state index contributed by atoms with van der Waals surface area (Å²) < 4.78 is 89.1. The lowest BCUT2D eigenvalue weighted by atomic mass is 9.93. The van der Waals surface area contributed by atoms with Crippen molar-refractivity contribution in [1.82, 2.24) is 14.8 Å². The highest BCUT2D eigenvalue weighted by atomic mass is 32.2. The minimum atomic E-state index is -5.59. The predicted octanol–water partition coefficient (Wildman–Crippen LogP) is 3.54. The first-order valence-electron chi connectivity index (χ1n) is 10.7. The second-order valence-electron chi connectivity index (χ2n) is 8.61. The second-order valence-corrected chi connectivity index (χ2v) is 10.9. The Labute approximate surface area is 188 Å². The molecule has 1 aromatic rings. The summed E-state index contributed by atoms with van der Waals surface area (Å²) in [5.41, 5.74) is 2.35. The van der Waals surface area contributed by atoms with Crippen LogP contribution < -0.4 is 5.48 Å². The third-order valence-electron chi connectivity index (χ3n) is 6.62. The molecule has 2 fully saturated rings. The maximum absolute atomic E-state index is 13.2. The van der Waals surface area contributed by atoms with Crippen molar-refractivity contribution in [3.8, 4) is 0 Å². The van der Waals surface area contributed by atoms with Gasteiger partial charge >= 0.3 is 12.1 Å². The third-order valence-corrected chi connectivity index (χ3v) is 9.25. The number of nitrogens with zero attached hydrogens (tertiary/aromatic N) is 2. The molecule has 3 rings (SSSR count). The molecule has 33 heavy (non-hydrogen) atoms.